The average Bonchev–Trinajstić information content (AvgIpc) is 2.71. The Morgan fingerprint density at radius 1 is 0.893 bits per heavy atom. The van der Waals surface area contributed by atoms with E-state index < -0.39 is 0 Å². The van der Waals surface area contributed by atoms with Crippen molar-refractivity contribution in [1.82, 2.24) is 4.90 Å². The summed E-state index contributed by atoms with van der Waals surface area (Å²) < 4.78 is 17.4. The third kappa shape index (κ3) is 9.99. The first kappa shape index (κ1) is 25.1. The van der Waals surface area contributed by atoms with E-state index in [1.807, 2.05) is 24.3 Å². The van der Waals surface area contributed by atoms with Crippen LogP contribution in [0.1, 0.15) is 65.2 Å². The quantitative estimate of drug-likeness (QED) is 0.343. The predicted molar refractivity (Wildman–Crippen MR) is 119 cm³/mol. The van der Waals surface area contributed by atoms with Crippen molar-refractivity contribution < 1.29 is 14.2 Å². The van der Waals surface area contributed by atoms with Crippen molar-refractivity contribution in [3.63, 3.8) is 0 Å². The minimum atomic E-state index is 0. The van der Waals surface area contributed by atoms with Gasteiger partial charge in [-0.2, -0.15) is 0 Å². The van der Waals surface area contributed by atoms with Crippen molar-refractivity contribution in [2.24, 2.45) is 0 Å². The van der Waals surface area contributed by atoms with Gasteiger partial charge in [0.2, 0.25) is 0 Å². The highest BCUT2D eigenvalue weighted by atomic mass is 35.5. The third-order valence-corrected chi connectivity index (χ3v) is 5.28. The van der Waals surface area contributed by atoms with Gasteiger partial charge in [0.1, 0.15) is 6.61 Å². The number of para-hydroxylation sites is 2. The zero-order valence-electron chi connectivity index (χ0n) is 17.9. The summed E-state index contributed by atoms with van der Waals surface area (Å²) in [4.78, 5) is 2.52. The summed E-state index contributed by atoms with van der Waals surface area (Å²) in [6, 6.07) is 7.82. The van der Waals surface area contributed by atoms with Crippen molar-refractivity contribution in [2.45, 2.75) is 71.3 Å². The van der Waals surface area contributed by atoms with E-state index in [4.69, 9.17) is 14.2 Å². The molecular formula is C23H40ClNO3. The smallest absolute Gasteiger partial charge is 0.161 e. The van der Waals surface area contributed by atoms with Gasteiger partial charge in [0.15, 0.2) is 17.6 Å². The maximum absolute atomic E-state index is 5.90. The Morgan fingerprint density at radius 3 is 2.18 bits per heavy atom. The lowest BCUT2D eigenvalue weighted by atomic mass is 10.1. The van der Waals surface area contributed by atoms with Gasteiger partial charge < -0.3 is 19.1 Å². The van der Waals surface area contributed by atoms with Crippen LogP contribution in [0.15, 0.2) is 24.3 Å². The fourth-order valence-electron chi connectivity index (χ4n) is 3.50. The average molecular weight is 414 g/mol. The van der Waals surface area contributed by atoms with Gasteiger partial charge in [-0.3, -0.25) is 0 Å². The van der Waals surface area contributed by atoms with Crippen LogP contribution in [0.25, 0.3) is 0 Å². The Morgan fingerprint density at radius 2 is 1.50 bits per heavy atom. The first-order valence-corrected chi connectivity index (χ1v) is 11.0. The van der Waals surface area contributed by atoms with Crippen molar-refractivity contribution in [2.75, 3.05) is 39.5 Å². The van der Waals surface area contributed by atoms with E-state index in [9.17, 15) is 0 Å². The number of hydrogen-bond donors (Lipinski definition) is 0. The van der Waals surface area contributed by atoms with Gasteiger partial charge in [0.25, 0.3) is 0 Å². The molecule has 28 heavy (non-hydrogen) atoms. The molecule has 1 atom stereocenters. The van der Waals surface area contributed by atoms with E-state index in [-0.39, 0.29) is 18.5 Å². The molecule has 0 bridgehead atoms. The van der Waals surface area contributed by atoms with Crippen LogP contribution in [0.3, 0.4) is 0 Å². The highest BCUT2D eigenvalue weighted by Crippen LogP contribution is 2.30. The Kier molecular flexibility index (Phi) is 14.2. The highest BCUT2D eigenvalue weighted by Gasteiger charge is 2.20. The Balaban J connectivity index is 0.00000392. The number of unbranched alkanes of at least 4 members (excludes halogenated alkanes) is 7. The molecule has 1 unspecified atom stereocenters. The molecule has 1 heterocycles. The molecule has 0 aromatic heterocycles. The molecule has 1 aliphatic heterocycles. The molecule has 162 valence electrons. The van der Waals surface area contributed by atoms with Crippen LogP contribution < -0.4 is 9.47 Å². The molecule has 0 radical (unpaired) electrons. The summed E-state index contributed by atoms with van der Waals surface area (Å²) in [6.45, 7) is 10.2. The largest absolute Gasteiger partial charge is 0.486 e. The van der Waals surface area contributed by atoms with Crippen LogP contribution in [0, 0.1) is 0 Å². The number of benzene rings is 1. The molecule has 4 nitrogen and oxygen atoms in total. The van der Waals surface area contributed by atoms with Crippen molar-refractivity contribution in [3.8, 4) is 11.5 Å². The van der Waals surface area contributed by atoms with Crippen LogP contribution in [0.5, 0.6) is 11.5 Å². The van der Waals surface area contributed by atoms with Crippen molar-refractivity contribution >= 4 is 12.4 Å². The maximum Gasteiger partial charge on any atom is 0.161 e. The van der Waals surface area contributed by atoms with E-state index in [0.717, 1.165) is 24.5 Å². The lowest BCUT2D eigenvalue weighted by Crippen LogP contribution is -2.33. The fourth-order valence-corrected chi connectivity index (χ4v) is 3.50. The zero-order chi connectivity index (χ0) is 19.2. The summed E-state index contributed by atoms with van der Waals surface area (Å²) >= 11 is 0. The Labute approximate surface area is 178 Å². The fraction of sp³-hybridized carbons (Fsp3) is 0.739. The van der Waals surface area contributed by atoms with E-state index in [1.165, 1.54) is 64.6 Å². The summed E-state index contributed by atoms with van der Waals surface area (Å²) in [7, 11) is 0. The van der Waals surface area contributed by atoms with Gasteiger partial charge in [-0.05, 0) is 44.6 Å². The van der Waals surface area contributed by atoms with Gasteiger partial charge in [-0.25, -0.2) is 0 Å². The second kappa shape index (κ2) is 15.9. The minimum Gasteiger partial charge on any atom is -0.486 e. The zero-order valence-corrected chi connectivity index (χ0v) is 18.7. The molecular weight excluding hydrogens is 374 g/mol. The van der Waals surface area contributed by atoms with Gasteiger partial charge in [0.05, 0.1) is 6.61 Å². The van der Waals surface area contributed by atoms with E-state index in [1.54, 1.807) is 0 Å². The van der Waals surface area contributed by atoms with Crippen LogP contribution in [0.2, 0.25) is 0 Å². The second-order valence-electron chi connectivity index (χ2n) is 7.43. The van der Waals surface area contributed by atoms with Crippen LogP contribution >= 0.6 is 12.4 Å². The number of halogens is 1. The molecule has 1 aliphatic rings. The SMILES string of the molecule is CCN(CC)CCCCCCCCCCOCC1COc2ccccc2O1.Cl. The monoisotopic (exact) mass is 413 g/mol. The van der Waals surface area contributed by atoms with Gasteiger partial charge in [0, 0.05) is 6.61 Å². The molecule has 0 saturated carbocycles. The number of ether oxygens (including phenoxy) is 3. The van der Waals surface area contributed by atoms with Gasteiger partial charge in [-0.1, -0.05) is 64.5 Å². The summed E-state index contributed by atoms with van der Waals surface area (Å²) in [5.74, 6) is 1.66. The molecule has 0 aliphatic carbocycles. The molecule has 2 rings (SSSR count). The summed E-state index contributed by atoms with van der Waals surface area (Å²) in [5.41, 5.74) is 0. The second-order valence-corrected chi connectivity index (χ2v) is 7.43. The van der Waals surface area contributed by atoms with Gasteiger partial charge in [-0.15, -0.1) is 12.4 Å². The highest BCUT2D eigenvalue weighted by molar-refractivity contribution is 5.85. The van der Waals surface area contributed by atoms with E-state index in [2.05, 4.69) is 18.7 Å². The maximum atomic E-state index is 5.90. The summed E-state index contributed by atoms with van der Waals surface area (Å²) in [5, 5.41) is 0. The molecule has 0 N–H and O–H groups in total. The van der Waals surface area contributed by atoms with E-state index in [0.29, 0.717) is 13.2 Å². The van der Waals surface area contributed by atoms with Crippen LogP contribution in [0.4, 0.5) is 0 Å². The minimum absolute atomic E-state index is 0. The first-order valence-electron chi connectivity index (χ1n) is 11.0. The first-order chi connectivity index (χ1) is 13.3. The van der Waals surface area contributed by atoms with Crippen molar-refractivity contribution in [3.05, 3.63) is 24.3 Å². The topological polar surface area (TPSA) is 30.9 Å². The number of fused-ring (bicyclic) bond motifs is 1. The normalized spacial score (nSPS) is 15.5. The van der Waals surface area contributed by atoms with E-state index >= 15 is 0 Å². The Bertz CT molecular complexity index is 496. The molecule has 0 fully saturated rings. The Hall–Kier alpha value is -0.970. The number of nitrogens with zero attached hydrogens (tertiary/aromatic N) is 1. The standard InChI is InChI=1S/C23H39NO3.ClH/c1-3-24(4-2)17-13-9-7-5-6-8-10-14-18-25-19-21-20-26-22-15-11-12-16-23(22)27-21;/h11-12,15-16,21H,3-10,13-14,17-20H2,1-2H3;1H. The van der Waals surface area contributed by atoms with Crippen molar-refractivity contribution in [1.29, 1.82) is 0 Å². The third-order valence-electron chi connectivity index (χ3n) is 5.28. The molecule has 0 saturated heterocycles. The predicted octanol–water partition coefficient (Wildman–Crippen LogP) is 5.73. The van der Waals surface area contributed by atoms with Gasteiger partial charge >= 0.3 is 0 Å². The summed E-state index contributed by atoms with van der Waals surface area (Å²) in [6.07, 6.45) is 10.6. The molecule has 5 heteroatoms. The van der Waals surface area contributed by atoms with Crippen LogP contribution in [-0.4, -0.2) is 50.5 Å². The molecule has 1 aromatic rings. The molecule has 0 spiro atoms. The lowest BCUT2D eigenvalue weighted by molar-refractivity contribution is 0.00778. The van der Waals surface area contributed by atoms with Crippen LogP contribution in [-0.2, 0) is 4.74 Å². The molecule has 0 amide bonds. The molecule has 1 aromatic carbocycles. The lowest BCUT2D eigenvalue weighted by Gasteiger charge is -2.26. The number of hydrogen-bond acceptors (Lipinski definition) is 4. The number of rotatable bonds is 15.